The molecule has 26 heavy (non-hydrogen) atoms. The Balaban J connectivity index is 2.23. The highest BCUT2D eigenvalue weighted by atomic mass is 16.6. The van der Waals surface area contributed by atoms with Crippen LogP contribution in [0.3, 0.4) is 0 Å². The monoisotopic (exact) mass is 366 g/mol. The largest absolute Gasteiger partial charge is 0.493 e. The van der Waals surface area contributed by atoms with Crippen LogP contribution in [0.4, 0.5) is 4.79 Å². The minimum Gasteiger partial charge on any atom is -0.493 e. The van der Waals surface area contributed by atoms with Crippen LogP contribution in [-0.4, -0.2) is 63.6 Å². The van der Waals surface area contributed by atoms with Crippen molar-refractivity contribution in [1.29, 1.82) is 0 Å². The molecule has 0 radical (unpaired) electrons. The van der Waals surface area contributed by atoms with Crippen molar-refractivity contribution < 1.29 is 23.7 Å². The van der Waals surface area contributed by atoms with E-state index >= 15 is 0 Å². The maximum Gasteiger partial charge on any atom is 0.410 e. The van der Waals surface area contributed by atoms with Crippen molar-refractivity contribution in [2.45, 2.75) is 38.8 Å². The van der Waals surface area contributed by atoms with Crippen LogP contribution >= 0.6 is 0 Å². The van der Waals surface area contributed by atoms with E-state index in [0.717, 1.165) is 12.1 Å². The van der Waals surface area contributed by atoms with Gasteiger partial charge < -0.3 is 29.2 Å². The Bertz CT molecular complexity index is 602. The van der Waals surface area contributed by atoms with Crippen LogP contribution in [0.1, 0.15) is 26.3 Å². The van der Waals surface area contributed by atoms with E-state index < -0.39 is 5.60 Å². The van der Waals surface area contributed by atoms with E-state index in [9.17, 15) is 4.79 Å². The maximum absolute atomic E-state index is 12.6. The van der Waals surface area contributed by atoms with Crippen LogP contribution in [-0.2, 0) is 11.2 Å². The van der Waals surface area contributed by atoms with Gasteiger partial charge in [-0.1, -0.05) is 0 Å². The lowest BCUT2D eigenvalue weighted by molar-refractivity contribution is 0.0122. The van der Waals surface area contributed by atoms with Crippen LogP contribution in [0.25, 0.3) is 0 Å². The summed E-state index contributed by atoms with van der Waals surface area (Å²) < 4.78 is 21.8. The topological polar surface area (TPSA) is 69.3 Å². The molecule has 1 saturated heterocycles. The zero-order valence-corrected chi connectivity index (χ0v) is 16.5. The highest BCUT2D eigenvalue weighted by molar-refractivity contribution is 5.69. The third-order valence-electron chi connectivity index (χ3n) is 4.17. The number of piperazine rings is 1. The van der Waals surface area contributed by atoms with E-state index in [0.29, 0.717) is 36.8 Å². The van der Waals surface area contributed by atoms with E-state index in [1.54, 1.807) is 26.2 Å². The first-order valence-electron chi connectivity index (χ1n) is 8.78. The number of benzene rings is 1. The fourth-order valence-electron chi connectivity index (χ4n) is 3.03. The Morgan fingerprint density at radius 1 is 1.15 bits per heavy atom. The molecule has 1 atom stereocenters. The van der Waals surface area contributed by atoms with E-state index in [1.807, 2.05) is 32.9 Å². The second kappa shape index (κ2) is 8.49. The Morgan fingerprint density at radius 3 is 2.27 bits per heavy atom. The molecule has 7 heteroatoms. The number of hydrogen-bond donors (Lipinski definition) is 1. The zero-order valence-electron chi connectivity index (χ0n) is 16.5. The molecule has 146 valence electrons. The molecule has 1 aromatic rings. The number of carbonyl (C=O) groups excluding carboxylic acids is 1. The Labute approximate surface area is 155 Å². The summed E-state index contributed by atoms with van der Waals surface area (Å²) in [4.78, 5) is 14.4. The number of ether oxygens (including phenoxy) is 4. The van der Waals surface area contributed by atoms with Crippen molar-refractivity contribution in [3.63, 3.8) is 0 Å². The van der Waals surface area contributed by atoms with Crippen LogP contribution in [0.15, 0.2) is 12.1 Å². The van der Waals surface area contributed by atoms with Crippen molar-refractivity contribution in [3.05, 3.63) is 17.7 Å². The van der Waals surface area contributed by atoms with Crippen molar-refractivity contribution in [1.82, 2.24) is 10.2 Å². The van der Waals surface area contributed by atoms with E-state index in [2.05, 4.69) is 5.32 Å². The molecular formula is C19H30N2O5. The molecule has 7 nitrogen and oxygen atoms in total. The molecule has 2 rings (SSSR count). The van der Waals surface area contributed by atoms with E-state index in [1.165, 1.54) is 0 Å². The summed E-state index contributed by atoms with van der Waals surface area (Å²) in [5.74, 6) is 1.77. The molecule has 0 spiro atoms. The maximum atomic E-state index is 12.6. The Hall–Kier alpha value is -2.15. The molecule has 1 heterocycles. The molecule has 1 aromatic carbocycles. The fraction of sp³-hybridized carbons (Fsp3) is 0.632. The minimum absolute atomic E-state index is 0.0126. The molecule has 1 N–H and O–H groups in total. The van der Waals surface area contributed by atoms with E-state index in [4.69, 9.17) is 18.9 Å². The van der Waals surface area contributed by atoms with Crippen LogP contribution in [0, 0.1) is 0 Å². The molecule has 1 aliphatic heterocycles. The first-order valence-corrected chi connectivity index (χ1v) is 8.78. The highest BCUT2D eigenvalue weighted by Crippen LogP contribution is 2.38. The smallest absolute Gasteiger partial charge is 0.410 e. The first-order chi connectivity index (χ1) is 12.3. The number of amides is 1. The van der Waals surface area contributed by atoms with Crippen LogP contribution in [0.5, 0.6) is 17.2 Å². The minimum atomic E-state index is -0.515. The molecule has 0 saturated carbocycles. The van der Waals surface area contributed by atoms with Gasteiger partial charge in [-0.15, -0.1) is 0 Å². The van der Waals surface area contributed by atoms with Crippen molar-refractivity contribution in [2.24, 2.45) is 0 Å². The van der Waals surface area contributed by atoms with Gasteiger partial charge in [-0.25, -0.2) is 4.79 Å². The highest BCUT2D eigenvalue weighted by Gasteiger charge is 2.31. The lowest BCUT2D eigenvalue weighted by Crippen LogP contribution is -2.55. The van der Waals surface area contributed by atoms with Gasteiger partial charge >= 0.3 is 6.09 Å². The van der Waals surface area contributed by atoms with Gasteiger partial charge in [0.2, 0.25) is 5.75 Å². The first kappa shape index (κ1) is 20.2. The van der Waals surface area contributed by atoms with Gasteiger partial charge in [0.15, 0.2) is 11.5 Å². The Morgan fingerprint density at radius 2 is 1.77 bits per heavy atom. The lowest BCUT2D eigenvalue weighted by atomic mass is 10.0. The number of carbonyl (C=O) groups is 1. The molecule has 0 bridgehead atoms. The summed E-state index contributed by atoms with van der Waals surface area (Å²) >= 11 is 0. The summed E-state index contributed by atoms with van der Waals surface area (Å²) in [7, 11) is 4.77. The van der Waals surface area contributed by atoms with E-state index in [-0.39, 0.29) is 12.1 Å². The summed E-state index contributed by atoms with van der Waals surface area (Å²) in [6.45, 7) is 7.70. The van der Waals surface area contributed by atoms with Gasteiger partial charge in [0.25, 0.3) is 0 Å². The second-order valence-electron chi connectivity index (χ2n) is 7.27. The second-order valence-corrected chi connectivity index (χ2v) is 7.27. The third-order valence-corrected chi connectivity index (χ3v) is 4.17. The molecule has 1 unspecified atom stereocenters. The van der Waals surface area contributed by atoms with Gasteiger partial charge in [-0.05, 0) is 44.9 Å². The average molecular weight is 366 g/mol. The number of rotatable bonds is 5. The summed E-state index contributed by atoms with van der Waals surface area (Å²) in [5, 5.41) is 3.35. The number of hydrogen-bond acceptors (Lipinski definition) is 6. The van der Waals surface area contributed by atoms with Gasteiger partial charge in [0, 0.05) is 19.6 Å². The molecule has 1 aliphatic rings. The van der Waals surface area contributed by atoms with Crippen LogP contribution < -0.4 is 19.5 Å². The average Bonchev–Trinajstić information content (AvgIpc) is 2.59. The quantitative estimate of drug-likeness (QED) is 0.863. The number of nitrogens with zero attached hydrogens (tertiary/aromatic N) is 1. The van der Waals surface area contributed by atoms with Crippen LogP contribution in [0.2, 0.25) is 0 Å². The zero-order chi connectivity index (χ0) is 19.3. The molecule has 0 aromatic heterocycles. The predicted octanol–water partition coefficient (Wildman–Crippen LogP) is 2.46. The van der Waals surface area contributed by atoms with Crippen molar-refractivity contribution in [2.75, 3.05) is 41.0 Å². The van der Waals surface area contributed by atoms with Gasteiger partial charge in [0.05, 0.1) is 27.4 Å². The predicted molar refractivity (Wildman–Crippen MR) is 99.4 cm³/mol. The number of nitrogens with one attached hydrogen (secondary N) is 1. The number of methoxy groups -OCH3 is 3. The molecule has 1 fully saturated rings. The normalized spacial score (nSPS) is 17.6. The lowest BCUT2D eigenvalue weighted by Gasteiger charge is -2.37. The SMILES string of the molecule is COc1cc(CC2CNCCN2C(=O)OC(C)(C)C)cc(OC)c1OC. The van der Waals surface area contributed by atoms with Gasteiger partial charge in [-0.2, -0.15) is 0 Å². The molecular weight excluding hydrogens is 336 g/mol. The molecule has 1 amide bonds. The summed E-state index contributed by atoms with van der Waals surface area (Å²) in [6.07, 6.45) is 0.375. The van der Waals surface area contributed by atoms with Crippen molar-refractivity contribution in [3.8, 4) is 17.2 Å². The Kier molecular flexibility index (Phi) is 6.58. The fourth-order valence-corrected chi connectivity index (χ4v) is 3.03. The van der Waals surface area contributed by atoms with Gasteiger partial charge in [-0.3, -0.25) is 0 Å². The van der Waals surface area contributed by atoms with Gasteiger partial charge in [0.1, 0.15) is 5.60 Å². The van der Waals surface area contributed by atoms with Crippen molar-refractivity contribution >= 4 is 6.09 Å². The summed E-state index contributed by atoms with van der Waals surface area (Å²) in [5.41, 5.74) is 0.487. The standard InChI is InChI=1S/C19H30N2O5/c1-19(2,3)26-18(22)21-8-7-20-12-14(21)9-13-10-15(23-4)17(25-6)16(11-13)24-5/h10-11,14,20H,7-9,12H2,1-6H3. The summed E-state index contributed by atoms with van der Waals surface area (Å²) in [6, 6.07) is 3.83. The molecule has 0 aliphatic carbocycles. The third kappa shape index (κ3) is 4.94.